The summed E-state index contributed by atoms with van der Waals surface area (Å²) in [6.45, 7) is 5.25. The molecule has 1 rings (SSSR count). The van der Waals surface area contributed by atoms with Gasteiger partial charge in [-0.2, -0.15) is 0 Å². The zero-order valence-corrected chi connectivity index (χ0v) is 9.03. The van der Waals surface area contributed by atoms with Crippen LogP contribution >= 0.6 is 0 Å². The Balaban J connectivity index is 2.31. The Morgan fingerprint density at radius 2 is 2.00 bits per heavy atom. The van der Waals surface area contributed by atoms with E-state index in [0.717, 1.165) is 26.1 Å². The fourth-order valence-electron chi connectivity index (χ4n) is 1.73. The zero-order chi connectivity index (χ0) is 10.6. The highest BCUT2D eigenvalue weighted by atomic mass is 16.5. The minimum atomic E-state index is -0.780. The van der Waals surface area contributed by atoms with Gasteiger partial charge >= 0.3 is 0 Å². The minimum absolute atomic E-state index is 0.00750. The number of hydrogen-bond acceptors (Lipinski definition) is 3. The summed E-state index contributed by atoms with van der Waals surface area (Å²) < 4.78 is 5.22. The third-order valence-corrected chi connectivity index (χ3v) is 2.79. The van der Waals surface area contributed by atoms with Gasteiger partial charge in [0, 0.05) is 19.6 Å². The van der Waals surface area contributed by atoms with Crippen LogP contribution in [-0.4, -0.2) is 30.2 Å². The molecule has 14 heavy (non-hydrogen) atoms. The van der Waals surface area contributed by atoms with Crippen LogP contribution in [0.4, 0.5) is 0 Å². The number of hydrogen-bond donors (Lipinski definition) is 1. The summed E-state index contributed by atoms with van der Waals surface area (Å²) >= 11 is 0. The van der Waals surface area contributed by atoms with Gasteiger partial charge in [-0.3, -0.25) is 4.79 Å². The van der Waals surface area contributed by atoms with Crippen molar-refractivity contribution in [3.05, 3.63) is 0 Å². The molecule has 82 valence electrons. The molecule has 1 heterocycles. The van der Waals surface area contributed by atoms with E-state index in [2.05, 4.69) is 0 Å². The van der Waals surface area contributed by atoms with E-state index in [1.807, 2.05) is 13.8 Å². The van der Waals surface area contributed by atoms with E-state index in [0.29, 0.717) is 12.3 Å². The summed E-state index contributed by atoms with van der Waals surface area (Å²) in [5.41, 5.74) is 0. The highest BCUT2D eigenvalue weighted by Gasteiger charge is 2.23. The molecule has 1 unspecified atom stereocenters. The highest BCUT2D eigenvalue weighted by Crippen LogP contribution is 2.20. The molecule has 1 aliphatic rings. The Morgan fingerprint density at radius 3 is 2.50 bits per heavy atom. The van der Waals surface area contributed by atoms with Crippen molar-refractivity contribution in [2.45, 2.75) is 39.2 Å². The van der Waals surface area contributed by atoms with Crippen molar-refractivity contribution in [3.8, 4) is 0 Å². The van der Waals surface area contributed by atoms with E-state index in [4.69, 9.17) is 4.74 Å². The molecule has 0 radical (unpaired) electrons. The van der Waals surface area contributed by atoms with Crippen LogP contribution in [0.15, 0.2) is 0 Å². The fourth-order valence-corrected chi connectivity index (χ4v) is 1.73. The van der Waals surface area contributed by atoms with E-state index >= 15 is 0 Å². The Kier molecular flexibility index (Phi) is 4.55. The number of ether oxygens (including phenoxy) is 1. The Labute approximate surface area is 85.5 Å². The molecule has 0 bridgehead atoms. The summed E-state index contributed by atoms with van der Waals surface area (Å²) in [6, 6.07) is 0. The molecule has 0 saturated carbocycles. The van der Waals surface area contributed by atoms with Crippen LogP contribution < -0.4 is 0 Å². The van der Waals surface area contributed by atoms with Crippen LogP contribution in [0.2, 0.25) is 0 Å². The smallest absolute Gasteiger partial charge is 0.161 e. The monoisotopic (exact) mass is 200 g/mol. The zero-order valence-electron chi connectivity index (χ0n) is 9.03. The van der Waals surface area contributed by atoms with E-state index in [1.165, 1.54) is 0 Å². The maximum absolute atomic E-state index is 11.6. The Morgan fingerprint density at radius 1 is 1.43 bits per heavy atom. The van der Waals surface area contributed by atoms with E-state index in [1.54, 1.807) is 0 Å². The first-order valence-electron chi connectivity index (χ1n) is 5.39. The van der Waals surface area contributed by atoms with Gasteiger partial charge in [0.25, 0.3) is 0 Å². The van der Waals surface area contributed by atoms with Gasteiger partial charge in [-0.05, 0) is 24.7 Å². The predicted molar refractivity (Wildman–Crippen MR) is 54.0 cm³/mol. The molecule has 0 aromatic carbocycles. The molecule has 1 fully saturated rings. The molecule has 0 aromatic heterocycles. The van der Waals surface area contributed by atoms with Gasteiger partial charge < -0.3 is 9.84 Å². The molecule has 3 heteroatoms. The lowest BCUT2D eigenvalue weighted by Gasteiger charge is -2.23. The van der Waals surface area contributed by atoms with Crippen LogP contribution in [0, 0.1) is 11.8 Å². The number of ketones is 1. The molecule has 0 spiro atoms. The molecule has 0 aliphatic carbocycles. The van der Waals surface area contributed by atoms with Crippen molar-refractivity contribution in [1.82, 2.24) is 0 Å². The van der Waals surface area contributed by atoms with Crippen molar-refractivity contribution < 1.29 is 14.6 Å². The second kappa shape index (κ2) is 5.47. The lowest BCUT2D eigenvalue weighted by Crippen LogP contribution is -2.29. The predicted octanol–water partition coefficient (Wildman–Crippen LogP) is 1.39. The van der Waals surface area contributed by atoms with Crippen LogP contribution in [0.25, 0.3) is 0 Å². The lowest BCUT2D eigenvalue weighted by molar-refractivity contribution is -0.130. The van der Waals surface area contributed by atoms with Gasteiger partial charge in [-0.15, -0.1) is 0 Å². The number of Topliss-reactive ketones (excluding diaryl/α,β-unsaturated/α-hetero) is 1. The number of aliphatic hydroxyl groups excluding tert-OH is 1. The maximum Gasteiger partial charge on any atom is 0.161 e. The van der Waals surface area contributed by atoms with Crippen LogP contribution in [-0.2, 0) is 9.53 Å². The third kappa shape index (κ3) is 3.39. The molecule has 3 nitrogen and oxygen atoms in total. The molecule has 1 saturated heterocycles. The van der Waals surface area contributed by atoms with Crippen molar-refractivity contribution in [1.29, 1.82) is 0 Å². The number of carbonyl (C=O) groups excluding carboxylic acids is 1. The van der Waals surface area contributed by atoms with Crippen molar-refractivity contribution in [2.24, 2.45) is 11.8 Å². The second-order valence-corrected chi connectivity index (χ2v) is 4.42. The number of carbonyl (C=O) groups is 1. The van der Waals surface area contributed by atoms with Crippen molar-refractivity contribution >= 4 is 5.78 Å². The van der Waals surface area contributed by atoms with Gasteiger partial charge in [0.2, 0.25) is 0 Å². The maximum atomic E-state index is 11.6. The number of aliphatic hydroxyl groups is 1. The SMILES string of the molecule is CC(C)C(O)C(=O)CC1CCOCC1. The largest absolute Gasteiger partial charge is 0.385 e. The third-order valence-electron chi connectivity index (χ3n) is 2.79. The molecule has 1 atom stereocenters. The van der Waals surface area contributed by atoms with E-state index in [9.17, 15) is 9.90 Å². The average molecular weight is 200 g/mol. The first-order valence-corrected chi connectivity index (χ1v) is 5.39. The quantitative estimate of drug-likeness (QED) is 0.746. The molecular formula is C11H20O3. The van der Waals surface area contributed by atoms with Gasteiger partial charge in [0.05, 0.1) is 0 Å². The summed E-state index contributed by atoms with van der Waals surface area (Å²) in [7, 11) is 0. The average Bonchev–Trinajstić information content (AvgIpc) is 2.18. The molecule has 1 N–H and O–H groups in total. The van der Waals surface area contributed by atoms with Crippen LogP contribution in [0.5, 0.6) is 0 Å². The topological polar surface area (TPSA) is 46.5 Å². The highest BCUT2D eigenvalue weighted by molar-refractivity contribution is 5.83. The second-order valence-electron chi connectivity index (χ2n) is 4.42. The van der Waals surface area contributed by atoms with Crippen LogP contribution in [0.1, 0.15) is 33.1 Å². The first kappa shape index (κ1) is 11.7. The Hall–Kier alpha value is -0.410. The van der Waals surface area contributed by atoms with Gasteiger partial charge in [-0.1, -0.05) is 13.8 Å². The summed E-state index contributed by atoms with van der Waals surface area (Å²) in [6.07, 6.45) is 1.65. The molecule has 1 aliphatic heterocycles. The molecule has 0 aromatic rings. The fraction of sp³-hybridized carbons (Fsp3) is 0.909. The standard InChI is InChI=1S/C11H20O3/c1-8(2)11(13)10(12)7-9-3-5-14-6-4-9/h8-9,11,13H,3-7H2,1-2H3. The first-order chi connectivity index (χ1) is 6.61. The normalized spacial score (nSPS) is 21.1. The van der Waals surface area contributed by atoms with E-state index in [-0.39, 0.29) is 11.7 Å². The van der Waals surface area contributed by atoms with E-state index < -0.39 is 6.10 Å². The molecule has 0 amide bonds. The lowest BCUT2D eigenvalue weighted by atomic mass is 9.90. The minimum Gasteiger partial charge on any atom is -0.385 e. The summed E-state index contributed by atoms with van der Waals surface area (Å²) in [5.74, 6) is 0.443. The van der Waals surface area contributed by atoms with Gasteiger partial charge in [-0.25, -0.2) is 0 Å². The Bertz CT molecular complexity index is 183. The summed E-state index contributed by atoms with van der Waals surface area (Å²) in [5, 5.41) is 9.54. The number of rotatable bonds is 4. The van der Waals surface area contributed by atoms with Crippen molar-refractivity contribution in [2.75, 3.05) is 13.2 Å². The summed E-state index contributed by atoms with van der Waals surface area (Å²) in [4.78, 5) is 11.6. The molecular weight excluding hydrogens is 180 g/mol. The van der Waals surface area contributed by atoms with Crippen molar-refractivity contribution in [3.63, 3.8) is 0 Å². The van der Waals surface area contributed by atoms with Gasteiger partial charge in [0.15, 0.2) is 5.78 Å². The van der Waals surface area contributed by atoms with Crippen LogP contribution in [0.3, 0.4) is 0 Å². The van der Waals surface area contributed by atoms with Gasteiger partial charge in [0.1, 0.15) is 6.10 Å².